The quantitative estimate of drug-likeness (QED) is 0.561. The van der Waals surface area contributed by atoms with Crippen LogP contribution in [-0.2, 0) is 4.79 Å². The van der Waals surface area contributed by atoms with Crippen molar-refractivity contribution in [3.63, 3.8) is 0 Å². The monoisotopic (exact) mass is 207 g/mol. The highest BCUT2D eigenvalue weighted by molar-refractivity contribution is 5.43. The van der Waals surface area contributed by atoms with Crippen molar-refractivity contribution in [2.24, 2.45) is 4.99 Å². The molecule has 0 bridgehead atoms. The highest BCUT2D eigenvalue weighted by Crippen LogP contribution is 2.46. The molecule has 2 rings (SSSR count). The zero-order valence-electron chi connectivity index (χ0n) is 8.24. The topological polar surface area (TPSA) is 38.7 Å². The molecule has 0 spiro atoms. The fourth-order valence-electron chi connectivity index (χ4n) is 1.72. The van der Waals surface area contributed by atoms with E-state index in [0.29, 0.717) is 5.75 Å². The standard InChI is InChI=1S/C11H10FNO2/c1-15-11-3-2-7(12)4-9(11)8-5-10(8)13-6-14/h2-4,8,10H,5H2,1H3/t8-,10+/m0/s1. The number of halogens is 1. The van der Waals surface area contributed by atoms with Crippen LogP contribution in [0.3, 0.4) is 0 Å². The first-order valence-electron chi connectivity index (χ1n) is 4.66. The Bertz CT molecular complexity index is 427. The van der Waals surface area contributed by atoms with Crippen molar-refractivity contribution in [2.45, 2.75) is 18.4 Å². The summed E-state index contributed by atoms with van der Waals surface area (Å²) in [7, 11) is 1.54. The molecule has 15 heavy (non-hydrogen) atoms. The van der Waals surface area contributed by atoms with Crippen molar-refractivity contribution in [1.29, 1.82) is 0 Å². The minimum absolute atomic E-state index is 0.0572. The summed E-state index contributed by atoms with van der Waals surface area (Å²) in [6, 6.07) is 4.32. The lowest BCUT2D eigenvalue weighted by Crippen LogP contribution is -1.93. The van der Waals surface area contributed by atoms with Crippen LogP contribution in [0.1, 0.15) is 17.9 Å². The Balaban J connectivity index is 2.28. The van der Waals surface area contributed by atoms with Crippen LogP contribution in [0.5, 0.6) is 5.75 Å². The predicted molar refractivity (Wildman–Crippen MR) is 52.2 cm³/mol. The molecule has 0 aliphatic heterocycles. The molecule has 0 unspecified atom stereocenters. The highest BCUT2D eigenvalue weighted by atomic mass is 19.1. The van der Waals surface area contributed by atoms with Crippen LogP contribution in [0.2, 0.25) is 0 Å². The van der Waals surface area contributed by atoms with Crippen LogP contribution in [0.4, 0.5) is 4.39 Å². The number of benzene rings is 1. The van der Waals surface area contributed by atoms with E-state index in [9.17, 15) is 9.18 Å². The maximum atomic E-state index is 13.0. The van der Waals surface area contributed by atoms with E-state index in [2.05, 4.69) is 4.99 Å². The van der Waals surface area contributed by atoms with Crippen LogP contribution in [0.15, 0.2) is 23.2 Å². The third kappa shape index (κ3) is 1.90. The smallest absolute Gasteiger partial charge is 0.235 e. The fourth-order valence-corrected chi connectivity index (χ4v) is 1.72. The third-order valence-electron chi connectivity index (χ3n) is 2.57. The molecule has 78 valence electrons. The Morgan fingerprint density at radius 3 is 3.07 bits per heavy atom. The third-order valence-corrected chi connectivity index (χ3v) is 2.57. The van der Waals surface area contributed by atoms with Gasteiger partial charge in [-0.05, 0) is 24.6 Å². The molecule has 0 radical (unpaired) electrons. The van der Waals surface area contributed by atoms with E-state index in [1.807, 2.05) is 0 Å². The summed E-state index contributed by atoms with van der Waals surface area (Å²) in [5.41, 5.74) is 0.779. The maximum Gasteiger partial charge on any atom is 0.235 e. The normalized spacial score (nSPS) is 23.1. The van der Waals surface area contributed by atoms with Gasteiger partial charge in [-0.1, -0.05) is 0 Å². The van der Waals surface area contributed by atoms with E-state index in [1.54, 1.807) is 6.07 Å². The van der Waals surface area contributed by atoms with Crippen molar-refractivity contribution >= 4 is 6.08 Å². The molecule has 0 aromatic heterocycles. The Morgan fingerprint density at radius 2 is 2.40 bits per heavy atom. The van der Waals surface area contributed by atoms with Gasteiger partial charge in [-0.2, -0.15) is 0 Å². The largest absolute Gasteiger partial charge is 0.496 e. The Kier molecular flexibility index (Phi) is 2.52. The minimum Gasteiger partial charge on any atom is -0.496 e. The second-order valence-electron chi connectivity index (χ2n) is 3.52. The van der Waals surface area contributed by atoms with Crippen molar-refractivity contribution in [1.82, 2.24) is 0 Å². The summed E-state index contributed by atoms with van der Waals surface area (Å²) in [5, 5.41) is 0. The molecule has 1 fully saturated rings. The first-order chi connectivity index (χ1) is 7.26. The molecule has 1 aliphatic rings. The molecule has 3 nitrogen and oxygen atoms in total. The maximum absolute atomic E-state index is 13.0. The molecular formula is C11H10FNO2. The summed E-state index contributed by atoms with van der Waals surface area (Å²) in [5.74, 6) is 0.439. The van der Waals surface area contributed by atoms with E-state index in [-0.39, 0.29) is 17.8 Å². The number of hydrogen-bond acceptors (Lipinski definition) is 3. The van der Waals surface area contributed by atoms with Gasteiger partial charge in [0.1, 0.15) is 11.6 Å². The van der Waals surface area contributed by atoms with Gasteiger partial charge in [0, 0.05) is 11.5 Å². The van der Waals surface area contributed by atoms with Gasteiger partial charge in [-0.15, -0.1) is 0 Å². The number of aliphatic imine (C=N–C) groups is 1. The van der Waals surface area contributed by atoms with Gasteiger partial charge in [0.2, 0.25) is 6.08 Å². The number of methoxy groups -OCH3 is 1. The Labute approximate surface area is 86.6 Å². The van der Waals surface area contributed by atoms with E-state index >= 15 is 0 Å². The predicted octanol–water partition coefficient (Wildman–Crippen LogP) is 2.03. The summed E-state index contributed by atoms with van der Waals surface area (Å²) in [6.07, 6.45) is 2.28. The zero-order chi connectivity index (χ0) is 10.8. The summed E-state index contributed by atoms with van der Waals surface area (Å²) in [6.45, 7) is 0. The molecule has 2 atom stereocenters. The number of hydrogen-bond donors (Lipinski definition) is 0. The van der Waals surface area contributed by atoms with E-state index < -0.39 is 0 Å². The van der Waals surface area contributed by atoms with Gasteiger partial charge < -0.3 is 4.74 Å². The molecule has 4 heteroatoms. The van der Waals surface area contributed by atoms with Crippen LogP contribution in [-0.4, -0.2) is 19.2 Å². The Hall–Kier alpha value is -1.67. The van der Waals surface area contributed by atoms with Gasteiger partial charge in [0.25, 0.3) is 0 Å². The van der Waals surface area contributed by atoms with E-state index in [4.69, 9.17) is 4.74 Å². The average Bonchev–Trinajstić information content (AvgIpc) is 2.98. The van der Waals surface area contributed by atoms with Gasteiger partial charge >= 0.3 is 0 Å². The first kappa shape index (κ1) is 9.87. The average molecular weight is 207 g/mol. The second kappa shape index (κ2) is 3.83. The number of ether oxygens (including phenoxy) is 1. The van der Waals surface area contributed by atoms with E-state index in [0.717, 1.165) is 12.0 Å². The number of rotatable bonds is 3. The lowest BCUT2D eigenvalue weighted by Gasteiger charge is -2.06. The molecule has 1 saturated carbocycles. The zero-order valence-corrected chi connectivity index (χ0v) is 8.24. The van der Waals surface area contributed by atoms with Gasteiger partial charge in [0.15, 0.2) is 0 Å². The fraction of sp³-hybridized carbons (Fsp3) is 0.364. The van der Waals surface area contributed by atoms with E-state index in [1.165, 1.54) is 25.3 Å². The lowest BCUT2D eigenvalue weighted by molar-refractivity contribution is 0.408. The summed E-state index contributed by atoms with van der Waals surface area (Å²) >= 11 is 0. The molecule has 1 aromatic rings. The highest BCUT2D eigenvalue weighted by Gasteiger charge is 2.40. The lowest BCUT2D eigenvalue weighted by atomic mass is 10.1. The van der Waals surface area contributed by atoms with Crippen molar-refractivity contribution < 1.29 is 13.9 Å². The van der Waals surface area contributed by atoms with Crippen LogP contribution in [0, 0.1) is 5.82 Å². The number of carbonyl (C=O) groups excluding carboxylic acids is 1. The number of isocyanates is 1. The van der Waals surface area contributed by atoms with Crippen LogP contribution in [0.25, 0.3) is 0 Å². The molecule has 0 heterocycles. The van der Waals surface area contributed by atoms with Crippen LogP contribution >= 0.6 is 0 Å². The molecule has 1 aliphatic carbocycles. The molecular weight excluding hydrogens is 197 g/mol. The molecule has 0 N–H and O–H groups in total. The number of nitrogens with zero attached hydrogens (tertiary/aromatic N) is 1. The Morgan fingerprint density at radius 1 is 1.60 bits per heavy atom. The minimum atomic E-state index is -0.300. The second-order valence-corrected chi connectivity index (χ2v) is 3.52. The van der Waals surface area contributed by atoms with Gasteiger partial charge in [-0.3, -0.25) is 0 Å². The SMILES string of the molecule is COc1ccc(F)cc1[C@@H]1C[C@H]1N=C=O. The van der Waals surface area contributed by atoms with Crippen molar-refractivity contribution in [3.8, 4) is 5.75 Å². The van der Waals surface area contributed by atoms with Crippen LogP contribution < -0.4 is 4.74 Å². The molecule has 0 saturated heterocycles. The van der Waals surface area contributed by atoms with Crippen molar-refractivity contribution in [2.75, 3.05) is 7.11 Å². The molecule has 0 amide bonds. The first-order valence-corrected chi connectivity index (χ1v) is 4.66. The summed E-state index contributed by atoms with van der Waals surface area (Å²) < 4.78 is 18.1. The van der Waals surface area contributed by atoms with Gasteiger partial charge in [-0.25, -0.2) is 14.2 Å². The molecule has 1 aromatic carbocycles. The summed E-state index contributed by atoms with van der Waals surface area (Å²) in [4.78, 5) is 13.7. The van der Waals surface area contributed by atoms with Crippen molar-refractivity contribution in [3.05, 3.63) is 29.6 Å². The van der Waals surface area contributed by atoms with Gasteiger partial charge in [0.05, 0.1) is 13.2 Å².